The Labute approximate surface area is 270 Å². The van der Waals surface area contributed by atoms with Crippen LogP contribution in [-0.2, 0) is 6.61 Å². The van der Waals surface area contributed by atoms with Crippen molar-refractivity contribution in [2.24, 2.45) is 0 Å². The van der Waals surface area contributed by atoms with Crippen LogP contribution in [0.4, 0.5) is 4.79 Å². The molecule has 0 radical (unpaired) electrons. The minimum absolute atomic E-state index is 0.0600. The molecule has 2 heterocycles. The van der Waals surface area contributed by atoms with Crippen LogP contribution in [-0.4, -0.2) is 51.9 Å². The molecule has 5 rings (SSSR count). The summed E-state index contributed by atoms with van der Waals surface area (Å²) < 4.78 is 11.4. The number of ether oxygens (including phenoxy) is 1. The topological polar surface area (TPSA) is 186 Å². The van der Waals surface area contributed by atoms with Crippen molar-refractivity contribution < 1.29 is 34.1 Å². The number of aliphatic hydroxyl groups excluding tert-OH is 1. The molecule has 47 heavy (non-hydrogen) atoms. The molecule has 0 fully saturated rings. The second-order valence-corrected chi connectivity index (χ2v) is 10.9. The molecule has 12 heteroatoms. The number of nitrogens with one attached hydrogen (secondary N) is 4. The molecule has 0 aliphatic rings. The Morgan fingerprint density at radius 2 is 1.70 bits per heavy atom. The number of H-pyrrole nitrogens is 1. The zero-order valence-electron chi connectivity index (χ0n) is 25.4. The van der Waals surface area contributed by atoms with Gasteiger partial charge in [0.2, 0.25) is 5.56 Å². The van der Waals surface area contributed by atoms with Crippen molar-refractivity contribution in [1.82, 2.24) is 20.9 Å². The van der Waals surface area contributed by atoms with Crippen molar-refractivity contribution >= 4 is 22.9 Å². The summed E-state index contributed by atoms with van der Waals surface area (Å²) in [5.74, 6) is 0.298. The Morgan fingerprint density at radius 3 is 2.51 bits per heavy atom. The van der Waals surface area contributed by atoms with Crippen LogP contribution in [0.25, 0.3) is 10.9 Å². The standard InChI is InChI=1S/C35H36N4O8/c40-28-13-11-26(27-12-14-31(42)38-33(27)28)29(41)19-36-15-4-5-16-37-34(43)30-17-22(21-47-30)20-46-25-10-6-9-24(18-25)32(39-35(44)45)23-7-2-1-3-8-23/h1-3,6-14,17-18,21,29,32,36,39-41H,4-5,15-16,19-20H2,(H,37,43)(H,38,42)(H,44,45)/t29-,32-/m0/s1. The molecule has 0 aliphatic carbocycles. The number of phenols is 1. The zero-order chi connectivity index (χ0) is 33.2. The van der Waals surface area contributed by atoms with Gasteiger partial charge in [-0.3, -0.25) is 9.59 Å². The van der Waals surface area contributed by atoms with Crippen LogP contribution in [0.3, 0.4) is 0 Å². The van der Waals surface area contributed by atoms with Crippen LogP contribution in [0.2, 0.25) is 0 Å². The van der Waals surface area contributed by atoms with Crippen molar-refractivity contribution in [2.75, 3.05) is 19.6 Å². The molecule has 2 amide bonds. The number of aromatic hydroxyl groups is 1. The molecule has 7 N–H and O–H groups in total. The number of furan rings is 1. The summed E-state index contributed by atoms with van der Waals surface area (Å²) >= 11 is 0. The van der Waals surface area contributed by atoms with Gasteiger partial charge >= 0.3 is 6.09 Å². The Balaban J connectivity index is 1.03. The number of carbonyl (C=O) groups is 2. The molecule has 0 spiro atoms. The average molecular weight is 641 g/mol. The molecular formula is C35H36N4O8. The van der Waals surface area contributed by atoms with E-state index in [9.17, 15) is 29.7 Å². The fraction of sp³-hybridized carbons (Fsp3) is 0.229. The average Bonchev–Trinajstić information content (AvgIpc) is 3.56. The summed E-state index contributed by atoms with van der Waals surface area (Å²) in [6.45, 7) is 1.48. The van der Waals surface area contributed by atoms with E-state index < -0.39 is 18.2 Å². The number of rotatable bonds is 15. The van der Waals surface area contributed by atoms with Crippen molar-refractivity contribution in [3.05, 3.63) is 130 Å². The number of fused-ring (bicyclic) bond motifs is 1. The van der Waals surface area contributed by atoms with E-state index in [0.717, 1.165) is 17.5 Å². The number of phenolic OH excluding ortho intramolecular Hbond substituents is 1. The zero-order valence-corrected chi connectivity index (χ0v) is 25.4. The third kappa shape index (κ3) is 8.78. The number of aromatic amines is 1. The van der Waals surface area contributed by atoms with Gasteiger partial charge in [0.1, 0.15) is 18.1 Å². The number of pyridine rings is 1. The van der Waals surface area contributed by atoms with Gasteiger partial charge in [0.25, 0.3) is 5.91 Å². The maximum absolute atomic E-state index is 12.6. The van der Waals surface area contributed by atoms with E-state index in [1.54, 1.807) is 36.4 Å². The SMILES string of the molecule is O=C(O)N[C@@H](c1ccccc1)c1cccc(OCc2coc(C(=O)NCCCCNC[C@H](O)c3ccc(O)c4[nH]c(=O)ccc34)c2)c1. The van der Waals surface area contributed by atoms with Crippen LogP contribution >= 0.6 is 0 Å². The number of aromatic nitrogens is 1. The lowest BCUT2D eigenvalue weighted by Crippen LogP contribution is -2.27. The molecule has 12 nitrogen and oxygen atoms in total. The highest BCUT2D eigenvalue weighted by molar-refractivity contribution is 5.91. The third-order valence-corrected chi connectivity index (χ3v) is 7.54. The van der Waals surface area contributed by atoms with Crippen molar-refractivity contribution in [3.63, 3.8) is 0 Å². The summed E-state index contributed by atoms with van der Waals surface area (Å²) in [4.78, 5) is 38.2. The van der Waals surface area contributed by atoms with E-state index in [-0.39, 0.29) is 41.6 Å². The maximum atomic E-state index is 12.6. The highest BCUT2D eigenvalue weighted by Crippen LogP contribution is 2.29. The number of carbonyl (C=O) groups excluding carboxylic acids is 1. The minimum atomic E-state index is -1.14. The third-order valence-electron chi connectivity index (χ3n) is 7.54. The predicted molar refractivity (Wildman–Crippen MR) is 175 cm³/mol. The fourth-order valence-electron chi connectivity index (χ4n) is 5.21. The number of hydrogen-bond donors (Lipinski definition) is 7. The molecule has 244 valence electrons. The molecule has 0 unspecified atom stereocenters. The van der Waals surface area contributed by atoms with Crippen LogP contribution in [0.5, 0.6) is 11.5 Å². The fourth-order valence-corrected chi connectivity index (χ4v) is 5.21. The molecule has 0 saturated heterocycles. The van der Waals surface area contributed by atoms with E-state index in [1.807, 2.05) is 36.4 Å². The first-order chi connectivity index (χ1) is 22.8. The number of aliphatic hydroxyl groups is 1. The Bertz CT molecular complexity index is 1870. The molecule has 3 aromatic carbocycles. The van der Waals surface area contributed by atoms with Gasteiger partial charge in [-0.05, 0) is 66.4 Å². The van der Waals surface area contributed by atoms with Crippen LogP contribution < -0.4 is 26.2 Å². The molecule has 0 aliphatic heterocycles. The minimum Gasteiger partial charge on any atom is -0.506 e. The van der Waals surface area contributed by atoms with Gasteiger partial charge in [0.15, 0.2) is 5.76 Å². The second kappa shape index (κ2) is 15.6. The smallest absolute Gasteiger partial charge is 0.405 e. The van der Waals surface area contributed by atoms with Gasteiger partial charge in [0.05, 0.1) is 23.9 Å². The van der Waals surface area contributed by atoms with E-state index in [0.29, 0.717) is 41.8 Å². The predicted octanol–water partition coefficient (Wildman–Crippen LogP) is 4.60. The number of unbranched alkanes of at least 4 members (excludes halogenated alkanes) is 1. The Kier molecular flexibility index (Phi) is 10.9. The first kappa shape index (κ1) is 32.8. The summed E-state index contributed by atoms with van der Waals surface area (Å²) in [5, 5.41) is 39.2. The number of benzene rings is 3. The Hall–Kier alpha value is -5.59. The quantitative estimate of drug-likeness (QED) is 0.0804. The molecule has 2 atom stereocenters. The lowest BCUT2D eigenvalue weighted by Gasteiger charge is -2.18. The van der Waals surface area contributed by atoms with Gasteiger partial charge in [-0.15, -0.1) is 0 Å². The first-order valence-corrected chi connectivity index (χ1v) is 15.1. The van der Waals surface area contributed by atoms with Crippen molar-refractivity contribution in [3.8, 4) is 11.5 Å². The summed E-state index contributed by atoms with van der Waals surface area (Å²) in [5.41, 5.74) is 2.73. The van der Waals surface area contributed by atoms with Crippen LogP contribution in [0.15, 0.2) is 100 Å². The van der Waals surface area contributed by atoms with Crippen LogP contribution in [0.1, 0.15) is 57.8 Å². The van der Waals surface area contributed by atoms with Crippen LogP contribution in [0, 0.1) is 0 Å². The number of carboxylic acid groups (broad SMARTS) is 1. The van der Waals surface area contributed by atoms with E-state index in [1.165, 1.54) is 18.4 Å². The summed E-state index contributed by atoms with van der Waals surface area (Å²) in [7, 11) is 0. The van der Waals surface area contributed by atoms with E-state index >= 15 is 0 Å². The summed E-state index contributed by atoms with van der Waals surface area (Å²) in [6.07, 6.45) is 0.932. The molecule has 2 aromatic heterocycles. The van der Waals surface area contributed by atoms with Gasteiger partial charge < -0.3 is 45.4 Å². The lowest BCUT2D eigenvalue weighted by atomic mass is 9.98. The summed E-state index contributed by atoms with van der Waals surface area (Å²) in [6, 6.07) is 23.5. The molecule has 0 saturated carbocycles. The highest BCUT2D eigenvalue weighted by Gasteiger charge is 2.18. The van der Waals surface area contributed by atoms with Crippen molar-refractivity contribution in [2.45, 2.75) is 31.6 Å². The molecule has 0 bridgehead atoms. The Morgan fingerprint density at radius 1 is 0.915 bits per heavy atom. The number of amides is 2. The maximum Gasteiger partial charge on any atom is 0.405 e. The first-order valence-electron chi connectivity index (χ1n) is 15.1. The van der Waals surface area contributed by atoms with Gasteiger partial charge in [-0.25, -0.2) is 4.79 Å². The number of hydrogen-bond acceptors (Lipinski definition) is 8. The van der Waals surface area contributed by atoms with Gasteiger partial charge in [-0.2, -0.15) is 0 Å². The normalized spacial score (nSPS) is 12.4. The monoisotopic (exact) mass is 640 g/mol. The highest BCUT2D eigenvalue weighted by atomic mass is 16.5. The van der Waals surface area contributed by atoms with E-state index in [4.69, 9.17) is 9.15 Å². The molecular weight excluding hydrogens is 604 g/mol. The second-order valence-electron chi connectivity index (χ2n) is 10.9. The molecule has 5 aromatic rings. The van der Waals surface area contributed by atoms with Crippen molar-refractivity contribution in [1.29, 1.82) is 0 Å². The van der Waals surface area contributed by atoms with E-state index in [2.05, 4.69) is 20.9 Å². The lowest BCUT2D eigenvalue weighted by molar-refractivity contribution is 0.0925. The largest absolute Gasteiger partial charge is 0.506 e. The van der Waals surface area contributed by atoms with Gasteiger partial charge in [0, 0.05) is 30.1 Å². The van der Waals surface area contributed by atoms with Gasteiger partial charge in [-0.1, -0.05) is 48.5 Å².